The Morgan fingerprint density at radius 1 is 1.50 bits per heavy atom. The highest BCUT2D eigenvalue weighted by Gasteiger charge is 2.24. The Bertz CT molecular complexity index is 406. The summed E-state index contributed by atoms with van der Waals surface area (Å²) in [6.45, 7) is 5.26. The summed E-state index contributed by atoms with van der Waals surface area (Å²) in [5.41, 5.74) is 8.04. The van der Waals surface area contributed by atoms with Gasteiger partial charge in [-0.1, -0.05) is 22.9 Å². The average Bonchev–Trinajstić information content (AvgIpc) is 2.67. The summed E-state index contributed by atoms with van der Waals surface area (Å²) in [5, 5.41) is 0. The van der Waals surface area contributed by atoms with E-state index in [-0.39, 0.29) is 0 Å². The molecule has 0 fully saturated rings. The lowest BCUT2D eigenvalue weighted by atomic mass is 9.92. The summed E-state index contributed by atoms with van der Waals surface area (Å²) < 4.78 is 12.0. The molecule has 4 heteroatoms. The van der Waals surface area contributed by atoms with Crippen LogP contribution in [0.4, 0.5) is 0 Å². The maximum Gasteiger partial charge on any atom is 0.231 e. The second kappa shape index (κ2) is 4.63. The van der Waals surface area contributed by atoms with Crippen LogP contribution < -0.4 is 15.2 Å². The molecule has 3 nitrogen and oxygen atoms in total. The summed E-state index contributed by atoms with van der Waals surface area (Å²) in [7, 11) is 0. The maximum atomic E-state index is 5.62. The van der Waals surface area contributed by atoms with Crippen molar-refractivity contribution in [2.45, 2.75) is 26.2 Å². The molecule has 0 aliphatic carbocycles. The second-order valence-electron chi connectivity index (χ2n) is 4.11. The molecule has 0 bridgehead atoms. The van der Waals surface area contributed by atoms with E-state index < -0.39 is 0 Å². The number of nitrogens with two attached hydrogens (primary N) is 1. The van der Waals surface area contributed by atoms with Crippen LogP contribution >= 0.6 is 15.9 Å². The van der Waals surface area contributed by atoms with E-state index in [1.165, 1.54) is 11.1 Å². The average molecular weight is 286 g/mol. The molecular weight excluding hydrogens is 270 g/mol. The van der Waals surface area contributed by atoms with Gasteiger partial charge in [-0.3, -0.25) is 0 Å². The molecule has 1 atom stereocenters. The van der Waals surface area contributed by atoms with Crippen molar-refractivity contribution in [1.29, 1.82) is 0 Å². The van der Waals surface area contributed by atoms with Gasteiger partial charge in [0.1, 0.15) is 0 Å². The Balaban J connectivity index is 2.49. The van der Waals surface area contributed by atoms with Gasteiger partial charge < -0.3 is 15.2 Å². The van der Waals surface area contributed by atoms with Crippen LogP contribution in [0.1, 0.15) is 30.4 Å². The molecular formula is C12H16BrNO2. The van der Waals surface area contributed by atoms with Gasteiger partial charge in [-0.15, -0.1) is 0 Å². The van der Waals surface area contributed by atoms with Gasteiger partial charge in [-0.25, -0.2) is 0 Å². The molecule has 1 aromatic rings. The number of benzene rings is 1. The highest BCUT2D eigenvalue weighted by atomic mass is 79.9. The quantitative estimate of drug-likeness (QED) is 0.929. The van der Waals surface area contributed by atoms with Gasteiger partial charge in [0.25, 0.3) is 0 Å². The predicted octanol–water partition coefficient (Wildman–Crippen LogP) is 2.94. The third kappa shape index (κ3) is 1.92. The van der Waals surface area contributed by atoms with Crippen LogP contribution in [-0.2, 0) is 0 Å². The van der Waals surface area contributed by atoms with Gasteiger partial charge in [0.2, 0.25) is 6.79 Å². The van der Waals surface area contributed by atoms with E-state index >= 15 is 0 Å². The number of rotatable bonds is 3. The summed E-state index contributed by atoms with van der Waals surface area (Å²) in [4.78, 5) is 0. The number of hydrogen-bond donors (Lipinski definition) is 1. The molecule has 1 unspecified atom stereocenters. The van der Waals surface area contributed by atoms with Crippen molar-refractivity contribution in [3.05, 3.63) is 21.7 Å². The molecule has 0 amide bonds. The first-order valence-electron chi connectivity index (χ1n) is 5.43. The first-order valence-corrected chi connectivity index (χ1v) is 6.23. The largest absolute Gasteiger partial charge is 0.454 e. The van der Waals surface area contributed by atoms with Crippen molar-refractivity contribution < 1.29 is 9.47 Å². The highest BCUT2D eigenvalue weighted by Crippen LogP contribution is 2.44. The summed E-state index contributed by atoms with van der Waals surface area (Å²) in [6.07, 6.45) is 0.951. The summed E-state index contributed by atoms with van der Waals surface area (Å²) in [6, 6.07) is 1.97. The first-order chi connectivity index (χ1) is 7.65. The maximum absolute atomic E-state index is 5.62. The van der Waals surface area contributed by atoms with Gasteiger partial charge in [0.05, 0.1) is 0 Å². The number of halogens is 1. The van der Waals surface area contributed by atoms with Crippen LogP contribution in [0.2, 0.25) is 0 Å². The molecule has 0 aromatic heterocycles. The monoisotopic (exact) mass is 285 g/mol. The number of fused-ring (bicyclic) bond motifs is 1. The van der Waals surface area contributed by atoms with E-state index in [4.69, 9.17) is 15.2 Å². The van der Waals surface area contributed by atoms with Crippen LogP contribution in [0, 0.1) is 6.92 Å². The van der Waals surface area contributed by atoms with Gasteiger partial charge in [-0.2, -0.15) is 0 Å². The molecule has 0 radical (unpaired) electrons. The SMILES string of the molecule is Cc1c(Br)cc2c(c1C(C)CCN)OCO2. The van der Waals surface area contributed by atoms with Crippen molar-refractivity contribution in [2.24, 2.45) is 5.73 Å². The zero-order valence-electron chi connectivity index (χ0n) is 9.55. The normalized spacial score (nSPS) is 15.2. The lowest BCUT2D eigenvalue weighted by Crippen LogP contribution is -2.07. The number of ether oxygens (including phenoxy) is 2. The Hall–Kier alpha value is -0.740. The van der Waals surface area contributed by atoms with Crippen molar-refractivity contribution in [1.82, 2.24) is 0 Å². The van der Waals surface area contributed by atoms with Crippen LogP contribution in [0.5, 0.6) is 11.5 Å². The summed E-state index contributed by atoms with van der Waals surface area (Å²) in [5.74, 6) is 2.11. The summed E-state index contributed by atoms with van der Waals surface area (Å²) >= 11 is 3.55. The molecule has 88 valence electrons. The molecule has 0 saturated carbocycles. The van der Waals surface area contributed by atoms with Gasteiger partial charge in [0.15, 0.2) is 11.5 Å². The molecule has 0 saturated heterocycles. The van der Waals surface area contributed by atoms with Gasteiger partial charge in [0, 0.05) is 10.0 Å². The first kappa shape index (κ1) is 11.7. The fourth-order valence-electron chi connectivity index (χ4n) is 2.12. The van der Waals surface area contributed by atoms with Crippen molar-refractivity contribution in [3.63, 3.8) is 0 Å². The van der Waals surface area contributed by atoms with E-state index in [1.807, 2.05) is 6.07 Å². The van der Waals surface area contributed by atoms with Crippen LogP contribution in [-0.4, -0.2) is 13.3 Å². The third-order valence-electron chi connectivity index (χ3n) is 3.00. The predicted molar refractivity (Wildman–Crippen MR) is 67.1 cm³/mol. The highest BCUT2D eigenvalue weighted by molar-refractivity contribution is 9.10. The lowest BCUT2D eigenvalue weighted by Gasteiger charge is -2.17. The Kier molecular flexibility index (Phi) is 3.40. The molecule has 2 rings (SSSR count). The Morgan fingerprint density at radius 2 is 2.25 bits per heavy atom. The van der Waals surface area contributed by atoms with Crippen LogP contribution in [0.25, 0.3) is 0 Å². The third-order valence-corrected chi connectivity index (χ3v) is 3.82. The smallest absolute Gasteiger partial charge is 0.231 e. The minimum atomic E-state index is 0.313. The van der Waals surface area contributed by atoms with E-state index in [0.29, 0.717) is 19.3 Å². The second-order valence-corrected chi connectivity index (χ2v) is 4.96. The van der Waals surface area contributed by atoms with E-state index in [0.717, 1.165) is 22.4 Å². The van der Waals surface area contributed by atoms with E-state index in [9.17, 15) is 0 Å². The Labute approximate surface area is 104 Å². The topological polar surface area (TPSA) is 44.5 Å². The molecule has 0 spiro atoms. The zero-order valence-corrected chi connectivity index (χ0v) is 11.1. The van der Waals surface area contributed by atoms with Gasteiger partial charge in [-0.05, 0) is 37.4 Å². The molecule has 1 heterocycles. The zero-order chi connectivity index (χ0) is 11.7. The standard InChI is InChI=1S/C12H16BrNO2/c1-7(3-4-14)11-8(2)9(13)5-10-12(11)16-6-15-10/h5,7H,3-4,6,14H2,1-2H3. The van der Waals surface area contributed by atoms with Crippen molar-refractivity contribution in [3.8, 4) is 11.5 Å². The van der Waals surface area contributed by atoms with Gasteiger partial charge >= 0.3 is 0 Å². The van der Waals surface area contributed by atoms with Crippen LogP contribution in [0.15, 0.2) is 10.5 Å². The molecule has 1 aromatic carbocycles. The minimum absolute atomic E-state index is 0.313. The van der Waals surface area contributed by atoms with Crippen molar-refractivity contribution in [2.75, 3.05) is 13.3 Å². The van der Waals surface area contributed by atoms with E-state index in [2.05, 4.69) is 29.8 Å². The number of hydrogen-bond acceptors (Lipinski definition) is 3. The minimum Gasteiger partial charge on any atom is -0.454 e. The molecule has 1 aliphatic heterocycles. The molecule has 1 aliphatic rings. The van der Waals surface area contributed by atoms with Crippen molar-refractivity contribution >= 4 is 15.9 Å². The fraction of sp³-hybridized carbons (Fsp3) is 0.500. The lowest BCUT2D eigenvalue weighted by molar-refractivity contribution is 0.173. The van der Waals surface area contributed by atoms with Crippen LogP contribution in [0.3, 0.4) is 0 Å². The Morgan fingerprint density at radius 3 is 2.94 bits per heavy atom. The molecule has 2 N–H and O–H groups in total. The molecule has 16 heavy (non-hydrogen) atoms. The fourth-order valence-corrected chi connectivity index (χ4v) is 2.54. The van der Waals surface area contributed by atoms with E-state index in [1.54, 1.807) is 0 Å².